The summed E-state index contributed by atoms with van der Waals surface area (Å²) in [5.41, 5.74) is 9.25. The molecule has 1 heterocycles. The van der Waals surface area contributed by atoms with Crippen molar-refractivity contribution >= 4 is 17.3 Å². The smallest absolute Gasteiger partial charge is 0.227 e. The SMILES string of the molecule is CC(N)CN(C)c1ccc2c(c1)CCC(=O)N2C. The third-order valence-electron chi connectivity index (χ3n) is 3.41. The van der Waals surface area contributed by atoms with Gasteiger partial charge in [-0.25, -0.2) is 0 Å². The number of benzene rings is 1. The number of carbonyl (C=O) groups excluding carboxylic acids is 1. The molecule has 0 aliphatic carbocycles. The summed E-state index contributed by atoms with van der Waals surface area (Å²) in [6, 6.07) is 6.39. The molecule has 0 fully saturated rings. The van der Waals surface area contributed by atoms with Gasteiger partial charge >= 0.3 is 0 Å². The first-order chi connectivity index (χ1) is 8.49. The van der Waals surface area contributed by atoms with Crippen molar-refractivity contribution in [3.8, 4) is 0 Å². The van der Waals surface area contributed by atoms with E-state index < -0.39 is 0 Å². The number of nitrogens with two attached hydrogens (primary N) is 1. The van der Waals surface area contributed by atoms with Crippen molar-refractivity contribution in [3.63, 3.8) is 0 Å². The quantitative estimate of drug-likeness (QED) is 0.878. The lowest BCUT2D eigenvalue weighted by Gasteiger charge is -2.28. The highest BCUT2D eigenvalue weighted by Gasteiger charge is 2.21. The van der Waals surface area contributed by atoms with Crippen LogP contribution in [0.5, 0.6) is 0 Å². The monoisotopic (exact) mass is 247 g/mol. The first kappa shape index (κ1) is 12.9. The Bertz CT molecular complexity index is 456. The van der Waals surface area contributed by atoms with Crippen molar-refractivity contribution in [2.24, 2.45) is 5.73 Å². The number of carbonyl (C=O) groups is 1. The van der Waals surface area contributed by atoms with E-state index in [1.807, 2.05) is 27.1 Å². The Labute approximate surface area is 108 Å². The molecule has 1 unspecified atom stereocenters. The van der Waals surface area contributed by atoms with E-state index in [1.165, 1.54) is 5.56 Å². The lowest BCUT2D eigenvalue weighted by Crippen LogP contribution is -2.33. The predicted molar refractivity (Wildman–Crippen MR) is 75.1 cm³/mol. The highest BCUT2D eigenvalue weighted by atomic mass is 16.2. The number of nitrogens with zero attached hydrogens (tertiary/aromatic N) is 2. The maximum atomic E-state index is 11.6. The summed E-state index contributed by atoms with van der Waals surface area (Å²) < 4.78 is 0. The van der Waals surface area contributed by atoms with Crippen LogP contribution in [-0.2, 0) is 11.2 Å². The lowest BCUT2D eigenvalue weighted by atomic mass is 10.0. The number of hydrogen-bond donors (Lipinski definition) is 1. The van der Waals surface area contributed by atoms with Crippen molar-refractivity contribution in [1.82, 2.24) is 0 Å². The molecule has 1 aromatic rings. The van der Waals surface area contributed by atoms with E-state index in [4.69, 9.17) is 5.73 Å². The highest BCUT2D eigenvalue weighted by Crippen LogP contribution is 2.30. The van der Waals surface area contributed by atoms with Crippen LogP contribution in [0.3, 0.4) is 0 Å². The Balaban J connectivity index is 2.25. The summed E-state index contributed by atoms with van der Waals surface area (Å²) in [6.07, 6.45) is 1.43. The molecule has 2 N–H and O–H groups in total. The van der Waals surface area contributed by atoms with Crippen molar-refractivity contribution in [2.75, 3.05) is 30.4 Å². The molecular formula is C14H21N3O. The Morgan fingerprint density at radius 2 is 2.17 bits per heavy atom. The second kappa shape index (κ2) is 4.98. The van der Waals surface area contributed by atoms with E-state index in [9.17, 15) is 4.79 Å². The minimum Gasteiger partial charge on any atom is -0.373 e. The molecule has 0 radical (unpaired) electrons. The fourth-order valence-corrected chi connectivity index (χ4v) is 2.42. The molecule has 0 saturated carbocycles. The standard InChI is InChI=1S/C14H21N3O/c1-10(15)9-16(2)12-5-6-13-11(8-12)4-7-14(18)17(13)3/h5-6,8,10H,4,7,9,15H2,1-3H3. The first-order valence-electron chi connectivity index (χ1n) is 6.35. The molecule has 1 amide bonds. The summed E-state index contributed by atoms with van der Waals surface area (Å²) in [5.74, 6) is 0.194. The molecule has 1 atom stereocenters. The lowest BCUT2D eigenvalue weighted by molar-refractivity contribution is -0.118. The van der Waals surface area contributed by atoms with Crippen LogP contribution in [0.15, 0.2) is 18.2 Å². The molecule has 4 nitrogen and oxygen atoms in total. The number of likely N-dealkylation sites (N-methyl/N-ethyl adjacent to an activating group) is 1. The summed E-state index contributed by atoms with van der Waals surface area (Å²) in [4.78, 5) is 15.5. The number of fused-ring (bicyclic) bond motifs is 1. The van der Waals surface area contributed by atoms with Crippen LogP contribution in [0.2, 0.25) is 0 Å². The zero-order chi connectivity index (χ0) is 13.3. The van der Waals surface area contributed by atoms with E-state index in [1.54, 1.807) is 4.90 Å². The number of aryl methyl sites for hydroxylation is 1. The Kier molecular flexibility index (Phi) is 3.57. The highest BCUT2D eigenvalue weighted by molar-refractivity contribution is 5.96. The largest absolute Gasteiger partial charge is 0.373 e. The fourth-order valence-electron chi connectivity index (χ4n) is 2.42. The molecule has 2 rings (SSSR count). The number of hydrogen-bond acceptors (Lipinski definition) is 3. The van der Waals surface area contributed by atoms with E-state index in [0.717, 1.165) is 24.3 Å². The van der Waals surface area contributed by atoms with E-state index in [2.05, 4.69) is 17.0 Å². The van der Waals surface area contributed by atoms with Gasteiger partial charge in [-0.05, 0) is 37.1 Å². The molecule has 1 aliphatic heterocycles. The van der Waals surface area contributed by atoms with Gasteiger partial charge in [-0.1, -0.05) is 0 Å². The van der Waals surface area contributed by atoms with E-state index >= 15 is 0 Å². The molecular weight excluding hydrogens is 226 g/mol. The van der Waals surface area contributed by atoms with Crippen LogP contribution < -0.4 is 15.5 Å². The van der Waals surface area contributed by atoms with Crippen LogP contribution in [0.25, 0.3) is 0 Å². The molecule has 0 spiro atoms. The van der Waals surface area contributed by atoms with Crippen LogP contribution in [0.4, 0.5) is 11.4 Å². The van der Waals surface area contributed by atoms with E-state index in [0.29, 0.717) is 6.42 Å². The van der Waals surface area contributed by atoms with Crippen LogP contribution in [0, 0.1) is 0 Å². The molecule has 0 aromatic heterocycles. The number of rotatable bonds is 3. The minimum atomic E-state index is 0.148. The minimum absolute atomic E-state index is 0.148. The Morgan fingerprint density at radius 1 is 1.44 bits per heavy atom. The van der Waals surface area contributed by atoms with Gasteiger partial charge in [-0.3, -0.25) is 4.79 Å². The molecule has 98 valence electrons. The molecule has 4 heteroatoms. The number of anilines is 2. The second-order valence-corrected chi connectivity index (χ2v) is 5.12. The molecule has 18 heavy (non-hydrogen) atoms. The van der Waals surface area contributed by atoms with Crippen molar-refractivity contribution in [2.45, 2.75) is 25.8 Å². The second-order valence-electron chi connectivity index (χ2n) is 5.12. The van der Waals surface area contributed by atoms with Crippen molar-refractivity contribution in [3.05, 3.63) is 23.8 Å². The Morgan fingerprint density at radius 3 is 2.83 bits per heavy atom. The van der Waals surface area contributed by atoms with Gasteiger partial charge in [-0.2, -0.15) is 0 Å². The van der Waals surface area contributed by atoms with Gasteiger partial charge in [0, 0.05) is 44.5 Å². The van der Waals surface area contributed by atoms with Crippen LogP contribution >= 0.6 is 0 Å². The topological polar surface area (TPSA) is 49.6 Å². The van der Waals surface area contributed by atoms with Gasteiger partial charge in [0.2, 0.25) is 5.91 Å². The van der Waals surface area contributed by atoms with Crippen LogP contribution in [-0.4, -0.2) is 32.6 Å². The van der Waals surface area contributed by atoms with Crippen molar-refractivity contribution in [1.29, 1.82) is 0 Å². The molecule has 0 bridgehead atoms. The predicted octanol–water partition coefficient (Wildman–Crippen LogP) is 1.38. The summed E-state index contributed by atoms with van der Waals surface area (Å²) >= 11 is 0. The summed E-state index contributed by atoms with van der Waals surface area (Å²) in [7, 11) is 3.88. The van der Waals surface area contributed by atoms with Gasteiger partial charge in [-0.15, -0.1) is 0 Å². The van der Waals surface area contributed by atoms with Crippen LogP contribution in [0.1, 0.15) is 18.9 Å². The van der Waals surface area contributed by atoms with Gasteiger partial charge in [0.15, 0.2) is 0 Å². The number of amides is 1. The average molecular weight is 247 g/mol. The van der Waals surface area contributed by atoms with Gasteiger partial charge in [0.1, 0.15) is 0 Å². The fraction of sp³-hybridized carbons (Fsp3) is 0.500. The Hall–Kier alpha value is -1.55. The third-order valence-corrected chi connectivity index (χ3v) is 3.41. The molecule has 1 aliphatic rings. The van der Waals surface area contributed by atoms with Gasteiger partial charge in [0.05, 0.1) is 0 Å². The summed E-state index contributed by atoms with van der Waals surface area (Å²) in [6.45, 7) is 2.83. The molecule has 0 saturated heterocycles. The zero-order valence-corrected chi connectivity index (χ0v) is 11.3. The van der Waals surface area contributed by atoms with E-state index in [-0.39, 0.29) is 11.9 Å². The van der Waals surface area contributed by atoms with Gasteiger partial charge < -0.3 is 15.5 Å². The van der Waals surface area contributed by atoms with Gasteiger partial charge in [0.25, 0.3) is 0 Å². The zero-order valence-electron chi connectivity index (χ0n) is 11.3. The maximum Gasteiger partial charge on any atom is 0.227 e. The van der Waals surface area contributed by atoms with Crippen molar-refractivity contribution < 1.29 is 4.79 Å². The molecule has 1 aromatic carbocycles. The average Bonchev–Trinajstić information content (AvgIpc) is 2.32. The normalized spacial score (nSPS) is 16.4. The summed E-state index contributed by atoms with van der Waals surface area (Å²) in [5, 5.41) is 0. The maximum absolute atomic E-state index is 11.6. The third kappa shape index (κ3) is 2.48. The first-order valence-corrected chi connectivity index (χ1v) is 6.35.